The summed E-state index contributed by atoms with van der Waals surface area (Å²) in [6.07, 6.45) is 0.226. The van der Waals surface area contributed by atoms with Gasteiger partial charge in [0.1, 0.15) is 0 Å². The smallest absolute Gasteiger partial charge is 0.326 e. The highest BCUT2D eigenvalue weighted by Gasteiger charge is 2.47. The van der Waals surface area contributed by atoms with E-state index in [2.05, 4.69) is 5.32 Å². The van der Waals surface area contributed by atoms with Gasteiger partial charge in [-0.1, -0.05) is 6.92 Å². The standard InChI is InChI=1S/C6H9F2NO/c1-2-4-3-6(7,8)5(10)9-4/h4H,2-3H2,1H3,(H,9,10). The predicted octanol–water partition coefficient (Wildman–Crippen LogP) is 0.920. The summed E-state index contributed by atoms with van der Waals surface area (Å²) in [5.41, 5.74) is 0. The van der Waals surface area contributed by atoms with E-state index in [1.807, 2.05) is 0 Å². The molecule has 1 N–H and O–H groups in total. The molecule has 0 bridgehead atoms. The van der Waals surface area contributed by atoms with Crippen LogP contribution in [-0.4, -0.2) is 17.9 Å². The molecule has 0 aromatic carbocycles. The minimum Gasteiger partial charge on any atom is -0.348 e. The van der Waals surface area contributed by atoms with Crippen molar-refractivity contribution in [3.63, 3.8) is 0 Å². The first kappa shape index (κ1) is 7.44. The van der Waals surface area contributed by atoms with Gasteiger partial charge >= 0.3 is 5.92 Å². The summed E-state index contributed by atoms with van der Waals surface area (Å²) in [7, 11) is 0. The molecular formula is C6H9F2NO. The molecule has 0 aromatic rings. The molecule has 1 saturated heterocycles. The zero-order valence-corrected chi connectivity index (χ0v) is 5.66. The largest absolute Gasteiger partial charge is 0.348 e. The van der Waals surface area contributed by atoms with Crippen molar-refractivity contribution in [1.29, 1.82) is 0 Å². The summed E-state index contributed by atoms with van der Waals surface area (Å²) < 4.78 is 24.7. The molecule has 1 rings (SSSR count). The third-order valence-electron chi connectivity index (χ3n) is 1.66. The molecule has 0 radical (unpaired) electrons. The molecule has 10 heavy (non-hydrogen) atoms. The second-order valence-electron chi connectivity index (χ2n) is 2.49. The van der Waals surface area contributed by atoms with Gasteiger partial charge in [-0.3, -0.25) is 4.79 Å². The molecule has 1 atom stereocenters. The van der Waals surface area contributed by atoms with Gasteiger partial charge in [0.05, 0.1) is 0 Å². The van der Waals surface area contributed by atoms with Crippen molar-refractivity contribution in [3.05, 3.63) is 0 Å². The molecule has 0 saturated carbocycles. The van der Waals surface area contributed by atoms with Crippen LogP contribution in [0, 0.1) is 0 Å². The Morgan fingerprint density at radius 2 is 2.40 bits per heavy atom. The van der Waals surface area contributed by atoms with Gasteiger partial charge in [-0.05, 0) is 6.42 Å². The van der Waals surface area contributed by atoms with Crippen LogP contribution in [0.3, 0.4) is 0 Å². The predicted molar refractivity (Wildman–Crippen MR) is 31.8 cm³/mol. The lowest BCUT2D eigenvalue weighted by Gasteiger charge is -2.02. The molecule has 1 heterocycles. The molecule has 58 valence electrons. The van der Waals surface area contributed by atoms with E-state index in [-0.39, 0.29) is 12.5 Å². The minimum atomic E-state index is -3.12. The van der Waals surface area contributed by atoms with Gasteiger partial charge in [-0.15, -0.1) is 0 Å². The highest BCUT2D eigenvalue weighted by Crippen LogP contribution is 2.27. The quantitative estimate of drug-likeness (QED) is 0.590. The molecular weight excluding hydrogens is 140 g/mol. The van der Waals surface area contributed by atoms with Gasteiger partial charge in [0, 0.05) is 12.5 Å². The van der Waals surface area contributed by atoms with Gasteiger partial charge in [0.2, 0.25) is 0 Å². The van der Waals surface area contributed by atoms with E-state index in [0.717, 1.165) is 0 Å². The van der Waals surface area contributed by atoms with Gasteiger partial charge in [0.15, 0.2) is 0 Å². The van der Waals surface area contributed by atoms with Crippen molar-refractivity contribution in [2.45, 2.75) is 31.7 Å². The lowest BCUT2D eigenvalue weighted by atomic mass is 10.1. The number of alkyl halides is 2. The van der Waals surface area contributed by atoms with Crippen LogP contribution >= 0.6 is 0 Å². The fraction of sp³-hybridized carbons (Fsp3) is 0.833. The number of amides is 1. The Hall–Kier alpha value is -0.670. The van der Waals surface area contributed by atoms with Crippen molar-refractivity contribution >= 4 is 5.91 Å². The molecule has 2 nitrogen and oxygen atoms in total. The molecule has 0 spiro atoms. The lowest BCUT2D eigenvalue weighted by molar-refractivity contribution is -0.139. The topological polar surface area (TPSA) is 29.1 Å². The molecule has 0 aliphatic carbocycles. The van der Waals surface area contributed by atoms with E-state index < -0.39 is 11.8 Å². The normalized spacial score (nSPS) is 30.3. The highest BCUT2D eigenvalue weighted by atomic mass is 19.3. The molecule has 0 aromatic heterocycles. The monoisotopic (exact) mass is 149 g/mol. The number of hydrogen-bond acceptors (Lipinski definition) is 1. The van der Waals surface area contributed by atoms with Crippen LogP contribution in [0.15, 0.2) is 0 Å². The first-order chi connectivity index (χ1) is 4.56. The van der Waals surface area contributed by atoms with E-state index in [4.69, 9.17) is 0 Å². The first-order valence-electron chi connectivity index (χ1n) is 3.25. The van der Waals surface area contributed by atoms with Crippen molar-refractivity contribution in [3.8, 4) is 0 Å². The van der Waals surface area contributed by atoms with Crippen molar-refractivity contribution in [1.82, 2.24) is 5.32 Å². The molecule has 1 aliphatic rings. The SMILES string of the molecule is CCC1CC(F)(F)C(=O)N1. The maximum Gasteiger partial charge on any atom is 0.326 e. The summed E-state index contributed by atoms with van der Waals surface area (Å²) in [5.74, 6) is -4.25. The summed E-state index contributed by atoms with van der Waals surface area (Å²) in [4.78, 5) is 10.4. The van der Waals surface area contributed by atoms with Crippen LogP contribution in [0.5, 0.6) is 0 Å². The average Bonchev–Trinajstić information content (AvgIpc) is 2.08. The third kappa shape index (κ3) is 1.10. The van der Waals surface area contributed by atoms with Crippen molar-refractivity contribution < 1.29 is 13.6 Å². The van der Waals surface area contributed by atoms with E-state index >= 15 is 0 Å². The second kappa shape index (κ2) is 2.18. The third-order valence-corrected chi connectivity index (χ3v) is 1.66. The molecule has 1 unspecified atom stereocenters. The van der Waals surface area contributed by atoms with E-state index in [0.29, 0.717) is 6.42 Å². The number of hydrogen-bond donors (Lipinski definition) is 1. The highest BCUT2D eigenvalue weighted by molar-refractivity contribution is 5.85. The Bertz CT molecular complexity index is 158. The van der Waals surface area contributed by atoms with Crippen LogP contribution in [0.1, 0.15) is 19.8 Å². The summed E-state index contributed by atoms with van der Waals surface area (Å²) in [5, 5.41) is 2.20. The van der Waals surface area contributed by atoms with E-state index in [1.54, 1.807) is 6.92 Å². The number of carbonyl (C=O) groups is 1. The van der Waals surface area contributed by atoms with E-state index in [1.165, 1.54) is 0 Å². The van der Waals surface area contributed by atoms with Crippen molar-refractivity contribution in [2.75, 3.05) is 0 Å². The first-order valence-corrected chi connectivity index (χ1v) is 3.25. The average molecular weight is 149 g/mol. The Morgan fingerprint density at radius 1 is 1.80 bits per heavy atom. The lowest BCUT2D eigenvalue weighted by Crippen LogP contribution is -2.30. The number of carbonyl (C=O) groups excluding carboxylic acids is 1. The molecule has 1 amide bonds. The zero-order chi connectivity index (χ0) is 7.78. The van der Waals surface area contributed by atoms with E-state index in [9.17, 15) is 13.6 Å². The zero-order valence-electron chi connectivity index (χ0n) is 5.66. The maximum absolute atomic E-state index is 12.4. The molecule has 4 heteroatoms. The van der Waals surface area contributed by atoms with Crippen LogP contribution in [0.2, 0.25) is 0 Å². The van der Waals surface area contributed by atoms with Gasteiger partial charge in [-0.25, -0.2) is 0 Å². The van der Waals surface area contributed by atoms with Crippen LogP contribution in [-0.2, 0) is 4.79 Å². The minimum absolute atomic E-state index is 0.331. The summed E-state index contributed by atoms with van der Waals surface area (Å²) >= 11 is 0. The van der Waals surface area contributed by atoms with Gasteiger partial charge < -0.3 is 5.32 Å². The fourth-order valence-electron chi connectivity index (χ4n) is 0.991. The second-order valence-corrected chi connectivity index (χ2v) is 2.49. The van der Waals surface area contributed by atoms with Crippen LogP contribution in [0.25, 0.3) is 0 Å². The maximum atomic E-state index is 12.4. The Morgan fingerprint density at radius 3 is 2.60 bits per heavy atom. The Balaban J connectivity index is 2.62. The summed E-state index contributed by atoms with van der Waals surface area (Å²) in [6, 6.07) is -0.331. The fourth-order valence-corrected chi connectivity index (χ4v) is 0.991. The van der Waals surface area contributed by atoms with Crippen molar-refractivity contribution in [2.24, 2.45) is 0 Å². The Labute approximate surface area is 57.6 Å². The number of rotatable bonds is 1. The number of halogens is 2. The molecule has 1 aliphatic heterocycles. The van der Waals surface area contributed by atoms with Gasteiger partial charge in [-0.2, -0.15) is 8.78 Å². The number of nitrogens with one attached hydrogen (secondary N) is 1. The Kier molecular flexibility index (Phi) is 1.62. The molecule has 1 fully saturated rings. The van der Waals surface area contributed by atoms with Crippen LogP contribution in [0.4, 0.5) is 8.78 Å². The van der Waals surface area contributed by atoms with Crippen LogP contribution < -0.4 is 5.32 Å². The summed E-state index contributed by atoms with van der Waals surface area (Å²) in [6.45, 7) is 1.77. The van der Waals surface area contributed by atoms with Gasteiger partial charge in [0.25, 0.3) is 5.91 Å².